The van der Waals surface area contributed by atoms with Crippen LogP contribution >= 0.6 is 0 Å². The summed E-state index contributed by atoms with van der Waals surface area (Å²) in [5.74, 6) is 0.562. The Morgan fingerprint density at radius 1 is 1.62 bits per heavy atom. The second-order valence-corrected chi connectivity index (χ2v) is 3.76. The number of rotatable bonds is 3. The van der Waals surface area contributed by atoms with Gasteiger partial charge in [-0.05, 0) is 24.7 Å². The first-order valence-electron chi connectivity index (χ1n) is 5.17. The summed E-state index contributed by atoms with van der Waals surface area (Å²) < 4.78 is 5.26. The van der Waals surface area contributed by atoms with E-state index in [1.165, 1.54) is 0 Å². The van der Waals surface area contributed by atoms with Gasteiger partial charge in [0.1, 0.15) is 5.75 Å². The van der Waals surface area contributed by atoms with Gasteiger partial charge in [-0.1, -0.05) is 6.07 Å². The molecule has 1 aromatic carbocycles. The second-order valence-electron chi connectivity index (χ2n) is 3.76. The number of hydrogen-bond donors (Lipinski definition) is 3. The highest BCUT2D eigenvalue weighted by molar-refractivity contribution is 5.95. The van der Waals surface area contributed by atoms with E-state index in [2.05, 4.69) is 10.6 Å². The van der Waals surface area contributed by atoms with Crippen LogP contribution < -0.4 is 21.1 Å². The lowest BCUT2D eigenvalue weighted by atomic mass is 10.1. The summed E-state index contributed by atoms with van der Waals surface area (Å²) in [7, 11) is 1.85. The molecule has 16 heavy (non-hydrogen) atoms. The summed E-state index contributed by atoms with van der Waals surface area (Å²) in [4.78, 5) is 11.2. The molecule has 5 heteroatoms. The lowest BCUT2D eigenvalue weighted by Gasteiger charge is -2.20. The zero-order valence-electron chi connectivity index (χ0n) is 9.12. The lowest BCUT2D eigenvalue weighted by molar-refractivity contribution is -0.118. The summed E-state index contributed by atoms with van der Waals surface area (Å²) in [5.41, 5.74) is 7.62. The van der Waals surface area contributed by atoms with E-state index in [0.717, 1.165) is 5.56 Å². The maximum absolute atomic E-state index is 11.2. The van der Waals surface area contributed by atoms with Crippen LogP contribution in [0.4, 0.5) is 5.69 Å². The molecule has 1 unspecified atom stereocenters. The predicted molar refractivity (Wildman–Crippen MR) is 61.4 cm³/mol. The number of carbonyl (C=O) groups is 1. The Bertz CT molecular complexity index is 406. The molecule has 1 amide bonds. The molecule has 1 aliphatic heterocycles. The summed E-state index contributed by atoms with van der Waals surface area (Å²) in [6.07, 6.45) is 0. The van der Waals surface area contributed by atoms with Crippen molar-refractivity contribution >= 4 is 11.6 Å². The monoisotopic (exact) mass is 221 g/mol. The van der Waals surface area contributed by atoms with Crippen molar-refractivity contribution in [2.75, 3.05) is 25.5 Å². The van der Waals surface area contributed by atoms with Gasteiger partial charge in [0.05, 0.1) is 5.69 Å². The third kappa shape index (κ3) is 2.15. The van der Waals surface area contributed by atoms with Crippen molar-refractivity contribution in [3.63, 3.8) is 0 Å². The van der Waals surface area contributed by atoms with Gasteiger partial charge in [-0.2, -0.15) is 0 Å². The number of hydrogen-bond acceptors (Lipinski definition) is 4. The average Bonchev–Trinajstić information content (AvgIpc) is 2.28. The highest BCUT2D eigenvalue weighted by atomic mass is 16.5. The minimum absolute atomic E-state index is 0.0783. The number of carbonyl (C=O) groups excluding carboxylic acids is 1. The van der Waals surface area contributed by atoms with Gasteiger partial charge in [-0.3, -0.25) is 4.79 Å². The fraction of sp³-hybridized carbons (Fsp3) is 0.364. The Labute approximate surface area is 94.0 Å². The molecule has 4 N–H and O–H groups in total. The molecule has 1 aromatic rings. The largest absolute Gasteiger partial charge is 0.482 e. The fourth-order valence-corrected chi connectivity index (χ4v) is 1.67. The van der Waals surface area contributed by atoms with Crippen LogP contribution in [-0.2, 0) is 4.79 Å². The molecule has 0 spiro atoms. The molecule has 0 radical (unpaired) electrons. The number of benzene rings is 1. The average molecular weight is 221 g/mol. The summed E-state index contributed by atoms with van der Waals surface area (Å²) in [6, 6.07) is 5.51. The van der Waals surface area contributed by atoms with Crippen molar-refractivity contribution < 1.29 is 9.53 Å². The first kappa shape index (κ1) is 10.9. The molecule has 0 aromatic heterocycles. The van der Waals surface area contributed by atoms with E-state index >= 15 is 0 Å². The highest BCUT2D eigenvalue weighted by Crippen LogP contribution is 2.29. The number of amides is 1. The van der Waals surface area contributed by atoms with Gasteiger partial charge in [0.2, 0.25) is 0 Å². The Balaban J connectivity index is 2.24. The van der Waals surface area contributed by atoms with E-state index in [1.54, 1.807) is 0 Å². The third-order valence-corrected chi connectivity index (χ3v) is 2.49. The van der Waals surface area contributed by atoms with Crippen LogP contribution in [0.5, 0.6) is 5.75 Å². The van der Waals surface area contributed by atoms with Crippen LogP contribution in [0, 0.1) is 0 Å². The quantitative estimate of drug-likeness (QED) is 0.683. The number of ether oxygens (including phenoxy) is 1. The van der Waals surface area contributed by atoms with Crippen LogP contribution in [0.15, 0.2) is 18.2 Å². The predicted octanol–water partition coefficient (Wildman–Crippen LogP) is 0.237. The second kappa shape index (κ2) is 4.51. The van der Waals surface area contributed by atoms with Crippen LogP contribution in [0.25, 0.3) is 0 Å². The Kier molecular flexibility index (Phi) is 3.07. The number of likely N-dealkylation sites (N-methyl/N-ethyl adjacent to an activating group) is 1. The molecule has 1 aliphatic rings. The van der Waals surface area contributed by atoms with Gasteiger partial charge in [0.15, 0.2) is 6.61 Å². The Morgan fingerprint density at radius 3 is 3.19 bits per heavy atom. The fourth-order valence-electron chi connectivity index (χ4n) is 1.67. The Morgan fingerprint density at radius 2 is 2.44 bits per heavy atom. The molecule has 0 aliphatic carbocycles. The number of fused-ring (bicyclic) bond motifs is 1. The highest BCUT2D eigenvalue weighted by Gasteiger charge is 2.17. The van der Waals surface area contributed by atoms with Gasteiger partial charge in [0, 0.05) is 12.6 Å². The standard InChI is InChI=1S/C11H15N3O2/c1-13-5-8(12)7-2-3-10-9(4-7)14-11(15)6-16-10/h2-4,8,13H,5-6,12H2,1H3,(H,14,15). The SMILES string of the molecule is CNCC(N)c1ccc2c(c1)NC(=O)CO2. The zero-order valence-corrected chi connectivity index (χ0v) is 9.12. The van der Waals surface area contributed by atoms with E-state index in [9.17, 15) is 4.79 Å². The molecule has 5 nitrogen and oxygen atoms in total. The van der Waals surface area contributed by atoms with Crippen molar-refractivity contribution in [3.05, 3.63) is 23.8 Å². The molecular weight excluding hydrogens is 206 g/mol. The Hall–Kier alpha value is -1.59. The minimum atomic E-state index is -0.133. The molecule has 1 heterocycles. The summed E-state index contributed by atoms with van der Waals surface area (Å²) in [5, 5.41) is 5.77. The van der Waals surface area contributed by atoms with Crippen LogP contribution in [0.2, 0.25) is 0 Å². The molecule has 2 rings (SSSR count). The van der Waals surface area contributed by atoms with E-state index < -0.39 is 0 Å². The molecule has 0 fully saturated rings. The normalized spacial score (nSPS) is 16.0. The van der Waals surface area contributed by atoms with E-state index in [1.807, 2.05) is 25.2 Å². The van der Waals surface area contributed by atoms with Gasteiger partial charge < -0.3 is 21.1 Å². The minimum Gasteiger partial charge on any atom is -0.482 e. The van der Waals surface area contributed by atoms with Crippen LogP contribution in [0.3, 0.4) is 0 Å². The summed E-state index contributed by atoms with van der Waals surface area (Å²) in [6.45, 7) is 0.766. The molecule has 86 valence electrons. The molecular formula is C11H15N3O2. The zero-order chi connectivity index (χ0) is 11.5. The van der Waals surface area contributed by atoms with Gasteiger partial charge in [-0.25, -0.2) is 0 Å². The smallest absolute Gasteiger partial charge is 0.262 e. The molecule has 0 bridgehead atoms. The van der Waals surface area contributed by atoms with Gasteiger partial charge >= 0.3 is 0 Å². The van der Waals surface area contributed by atoms with Crippen LogP contribution in [-0.4, -0.2) is 26.1 Å². The lowest BCUT2D eigenvalue weighted by Crippen LogP contribution is -2.27. The molecule has 0 saturated carbocycles. The van der Waals surface area contributed by atoms with Crippen molar-refractivity contribution in [2.45, 2.75) is 6.04 Å². The van der Waals surface area contributed by atoms with Crippen LogP contribution in [0.1, 0.15) is 11.6 Å². The maximum Gasteiger partial charge on any atom is 0.262 e. The first-order chi connectivity index (χ1) is 7.70. The van der Waals surface area contributed by atoms with Gasteiger partial charge in [0.25, 0.3) is 5.91 Å². The molecule has 0 saturated heterocycles. The molecule has 1 atom stereocenters. The van der Waals surface area contributed by atoms with Gasteiger partial charge in [-0.15, -0.1) is 0 Å². The van der Waals surface area contributed by atoms with E-state index in [0.29, 0.717) is 18.0 Å². The maximum atomic E-state index is 11.2. The van der Waals surface area contributed by atoms with Crippen molar-refractivity contribution in [1.82, 2.24) is 5.32 Å². The van der Waals surface area contributed by atoms with E-state index in [-0.39, 0.29) is 18.6 Å². The van der Waals surface area contributed by atoms with Crippen molar-refractivity contribution in [1.29, 1.82) is 0 Å². The van der Waals surface area contributed by atoms with Crippen molar-refractivity contribution in [3.8, 4) is 5.75 Å². The van der Waals surface area contributed by atoms with E-state index in [4.69, 9.17) is 10.5 Å². The topological polar surface area (TPSA) is 76.4 Å². The third-order valence-electron chi connectivity index (χ3n) is 2.49. The summed E-state index contributed by atoms with van der Waals surface area (Å²) >= 11 is 0. The first-order valence-corrected chi connectivity index (χ1v) is 5.17. The van der Waals surface area contributed by atoms with Crippen molar-refractivity contribution in [2.24, 2.45) is 5.73 Å². The number of nitrogens with one attached hydrogen (secondary N) is 2. The number of nitrogens with two attached hydrogens (primary N) is 1. The number of anilines is 1.